The van der Waals surface area contributed by atoms with Crippen LogP contribution in [0.25, 0.3) is 0 Å². The largest absolute Gasteiger partial charge is 0.476 e. The number of aromatic carboxylic acids is 1. The molecule has 1 aromatic rings. The minimum Gasteiger partial charge on any atom is -0.476 e. The first-order valence-corrected chi connectivity index (χ1v) is 8.86. The molecule has 8 heteroatoms. The Labute approximate surface area is 132 Å². The number of thiazole rings is 1. The van der Waals surface area contributed by atoms with Crippen molar-refractivity contribution in [2.75, 3.05) is 18.1 Å². The van der Waals surface area contributed by atoms with E-state index in [1.807, 2.05) is 18.7 Å². The Bertz CT molecular complexity index is 465. The van der Waals surface area contributed by atoms with E-state index in [1.165, 1.54) is 16.7 Å². The van der Waals surface area contributed by atoms with Crippen LogP contribution < -0.4 is 10.6 Å². The first-order chi connectivity index (χ1) is 10.0. The Morgan fingerprint density at radius 1 is 1.52 bits per heavy atom. The van der Waals surface area contributed by atoms with Gasteiger partial charge >= 0.3 is 12.0 Å². The lowest BCUT2D eigenvalue weighted by molar-refractivity contribution is 0.0691. The highest BCUT2D eigenvalue weighted by molar-refractivity contribution is 7.99. The van der Waals surface area contributed by atoms with Gasteiger partial charge in [0.15, 0.2) is 5.69 Å². The number of hydrogen-bond acceptors (Lipinski definition) is 5. The summed E-state index contributed by atoms with van der Waals surface area (Å²) >= 11 is 3.15. The van der Waals surface area contributed by atoms with Crippen molar-refractivity contribution in [3.05, 3.63) is 16.1 Å². The predicted molar refractivity (Wildman–Crippen MR) is 86.4 cm³/mol. The van der Waals surface area contributed by atoms with Crippen molar-refractivity contribution >= 4 is 35.1 Å². The van der Waals surface area contributed by atoms with Gasteiger partial charge in [-0.2, -0.15) is 11.8 Å². The number of hydrogen-bond donors (Lipinski definition) is 3. The van der Waals surface area contributed by atoms with E-state index in [-0.39, 0.29) is 17.8 Å². The van der Waals surface area contributed by atoms with Crippen LogP contribution in [0.5, 0.6) is 0 Å². The summed E-state index contributed by atoms with van der Waals surface area (Å²) in [5, 5.41) is 16.6. The number of carboxylic acids is 1. The molecule has 21 heavy (non-hydrogen) atoms. The summed E-state index contributed by atoms with van der Waals surface area (Å²) in [6.07, 6.45) is 1.48. The van der Waals surface area contributed by atoms with Gasteiger partial charge in [-0.1, -0.05) is 6.92 Å². The Hall–Kier alpha value is -1.28. The van der Waals surface area contributed by atoms with Crippen molar-refractivity contribution in [3.8, 4) is 0 Å². The minimum atomic E-state index is -1.03. The fraction of sp³-hybridized carbons (Fsp3) is 0.615. The average molecular weight is 331 g/mol. The number of carbonyl (C=O) groups is 2. The van der Waals surface area contributed by atoms with Crippen LogP contribution in [0.2, 0.25) is 0 Å². The molecule has 1 unspecified atom stereocenters. The quantitative estimate of drug-likeness (QED) is 0.604. The molecule has 0 aromatic carbocycles. The van der Waals surface area contributed by atoms with Gasteiger partial charge in [0.05, 0.1) is 5.01 Å². The maximum atomic E-state index is 11.6. The molecule has 0 aliphatic heterocycles. The Kier molecular flexibility index (Phi) is 8.14. The molecule has 0 saturated carbocycles. The van der Waals surface area contributed by atoms with Crippen molar-refractivity contribution in [2.45, 2.75) is 32.7 Å². The zero-order chi connectivity index (χ0) is 15.7. The third kappa shape index (κ3) is 7.33. The van der Waals surface area contributed by atoms with E-state index < -0.39 is 5.97 Å². The highest BCUT2D eigenvalue weighted by Gasteiger charge is 2.09. The molecule has 1 rings (SSSR count). The second-order valence-corrected chi connectivity index (χ2v) is 6.81. The van der Waals surface area contributed by atoms with Crippen LogP contribution in [0.1, 0.15) is 35.8 Å². The monoisotopic (exact) mass is 331 g/mol. The normalized spacial score (nSPS) is 11.9. The molecule has 0 aliphatic carbocycles. The lowest BCUT2D eigenvalue weighted by atomic mass is 10.3. The predicted octanol–water partition coefficient (Wildman–Crippen LogP) is 2.21. The molecule has 2 amide bonds. The second-order valence-electron chi connectivity index (χ2n) is 4.47. The smallest absolute Gasteiger partial charge is 0.355 e. The van der Waals surface area contributed by atoms with Crippen molar-refractivity contribution in [2.24, 2.45) is 0 Å². The zero-order valence-corrected chi connectivity index (χ0v) is 13.9. The fourth-order valence-corrected chi connectivity index (χ4v) is 3.14. The summed E-state index contributed by atoms with van der Waals surface area (Å²) < 4.78 is 0. The highest BCUT2D eigenvalue weighted by atomic mass is 32.2. The molecule has 6 nitrogen and oxygen atoms in total. The number of carboxylic acid groups (broad SMARTS) is 1. The van der Waals surface area contributed by atoms with Gasteiger partial charge < -0.3 is 15.7 Å². The van der Waals surface area contributed by atoms with Gasteiger partial charge in [-0.25, -0.2) is 14.6 Å². The topological polar surface area (TPSA) is 91.3 Å². The minimum absolute atomic E-state index is 0.0569. The maximum absolute atomic E-state index is 11.6. The van der Waals surface area contributed by atoms with Crippen molar-refractivity contribution in [1.82, 2.24) is 15.6 Å². The van der Waals surface area contributed by atoms with E-state index in [1.54, 1.807) is 0 Å². The average Bonchev–Trinajstić information content (AvgIpc) is 2.88. The number of aromatic nitrogens is 1. The van der Waals surface area contributed by atoms with Gasteiger partial charge in [0.25, 0.3) is 0 Å². The van der Waals surface area contributed by atoms with E-state index in [9.17, 15) is 9.59 Å². The van der Waals surface area contributed by atoms with Crippen LogP contribution >= 0.6 is 23.1 Å². The summed E-state index contributed by atoms with van der Waals surface area (Å²) in [5.74, 6) is 1.10. The maximum Gasteiger partial charge on any atom is 0.355 e. The molecule has 0 fully saturated rings. The van der Waals surface area contributed by atoms with Gasteiger partial charge in [0, 0.05) is 24.4 Å². The molecular formula is C13H21N3O3S2. The number of amides is 2. The molecule has 1 atom stereocenters. The van der Waals surface area contributed by atoms with Crippen LogP contribution in [0.3, 0.4) is 0 Å². The third-order valence-corrected chi connectivity index (χ3v) is 4.51. The lowest BCUT2D eigenvalue weighted by Gasteiger charge is -2.14. The Balaban J connectivity index is 2.19. The highest BCUT2D eigenvalue weighted by Crippen LogP contribution is 2.09. The summed E-state index contributed by atoms with van der Waals surface area (Å²) in [6, 6.07) is -0.0541. The van der Waals surface area contributed by atoms with Gasteiger partial charge in [-0.05, 0) is 24.9 Å². The van der Waals surface area contributed by atoms with E-state index in [0.717, 1.165) is 17.9 Å². The number of nitrogens with zero attached hydrogens (tertiary/aromatic N) is 1. The fourth-order valence-electron chi connectivity index (χ4n) is 1.56. The van der Waals surface area contributed by atoms with Crippen LogP contribution in [0, 0.1) is 0 Å². The van der Waals surface area contributed by atoms with Gasteiger partial charge in [-0.3, -0.25) is 0 Å². The van der Waals surface area contributed by atoms with Crippen molar-refractivity contribution < 1.29 is 14.7 Å². The molecule has 0 radical (unpaired) electrons. The lowest BCUT2D eigenvalue weighted by Crippen LogP contribution is -2.41. The molecule has 3 N–H and O–H groups in total. The molecule has 0 bridgehead atoms. The molecular weight excluding hydrogens is 310 g/mol. The number of nitrogens with one attached hydrogen (secondary N) is 2. The van der Waals surface area contributed by atoms with E-state index in [4.69, 9.17) is 5.11 Å². The molecule has 118 valence electrons. The van der Waals surface area contributed by atoms with Crippen LogP contribution in [-0.2, 0) is 6.42 Å². The summed E-state index contributed by atoms with van der Waals surface area (Å²) in [6.45, 7) is 4.54. The molecule has 1 aromatic heterocycles. The zero-order valence-electron chi connectivity index (χ0n) is 12.2. The summed E-state index contributed by atoms with van der Waals surface area (Å²) in [7, 11) is 0. The van der Waals surface area contributed by atoms with Gasteiger partial charge in [-0.15, -0.1) is 11.3 Å². The number of carbonyl (C=O) groups excluding carboxylic acids is 1. The van der Waals surface area contributed by atoms with Crippen LogP contribution in [0.4, 0.5) is 4.79 Å². The van der Waals surface area contributed by atoms with Gasteiger partial charge in [0.1, 0.15) is 0 Å². The second kappa shape index (κ2) is 9.62. The molecule has 0 spiro atoms. The number of rotatable bonds is 9. The molecule has 0 saturated heterocycles. The Morgan fingerprint density at radius 3 is 2.90 bits per heavy atom. The Morgan fingerprint density at radius 2 is 2.29 bits per heavy atom. The van der Waals surface area contributed by atoms with Crippen molar-refractivity contribution in [3.63, 3.8) is 0 Å². The molecule has 1 heterocycles. The number of urea groups is 1. The van der Waals surface area contributed by atoms with Crippen LogP contribution in [-0.4, -0.2) is 46.2 Å². The summed E-state index contributed by atoms with van der Waals surface area (Å²) in [5.41, 5.74) is 0.0569. The van der Waals surface area contributed by atoms with Crippen LogP contribution in [0.15, 0.2) is 5.38 Å². The van der Waals surface area contributed by atoms with Crippen molar-refractivity contribution in [1.29, 1.82) is 0 Å². The third-order valence-electron chi connectivity index (χ3n) is 2.67. The first kappa shape index (κ1) is 17.8. The SMILES string of the molecule is CCSCCC(C)NC(=O)NCCc1nc(C(=O)O)cs1. The van der Waals surface area contributed by atoms with E-state index in [2.05, 4.69) is 22.5 Å². The van der Waals surface area contributed by atoms with E-state index in [0.29, 0.717) is 18.0 Å². The molecule has 0 aliphatic rings. The summed E-state index contributed by atoms with van der Waals surface area (Å²) in [4.78, 5) is 26.3. The number of thioether (sulfide) groups is 1. The van der Waals surface area contributed by atoms with E-state index >= 15 is 0 Å². The van der Waals surface area contributed by atoms with Gasteiger partial charge in [0.2, 0.25) is 0 Å². The standard InChI is InChI=1S/C13H21N3O3S2/c1-3-20-7-5-9(2)15-13(19)14-6-4-11-16-10(8-21-11)12(17)18/h8-9H,3-7H2,1-2H3,(H,17,18)(H2,14,15,19). The first-order valence-electron chi connectivity index (χ1n) is 6.82.